The Bertz CT molecular complexity index is 705. The van der Waals surface area contributed by atoms with Gasteiger partial charge in [0.15, 0.2) is 6.54 Å². The SMILES string of the molecule is CC(C)[C@H]([NH2+]CC(=O)Nc1ccc(Br)cc1F)c1ccc(F)cc1. The van der Waals surface area contributed by atoms with Crippen molar-refractivity contribution in [2.75, 3.05) is 11.9 Å². The number of halogens is 3. The van der Waals surface area contributed by atoms with Crippen LogP contribution in [0.15, 0.2) is 46.9 Å². The first-order valence-electron chi connectivity index (χ1n) is 7.70. The maximum atomic E-state index is 13.8. The van der Waals surface area contributed by atoms with E-state index in [1.807, 2.05) is 19.2 Å². The summed E-state index contributed by atoms with van der Waals surface area (Å²) in [5.41, 5.74) is 1.11. The van der Waals surface area contributed by atoms with Crippen molar-refractivity contribution in [2.24, 2.45) is 5.92 Å². The van der Waals surface area contributed by atoms with Crippen LogP contribution < -0.4 is 10.6 Å². The molecule has 0 saturated heterocycles. The zero-order chi connectivity index (χ0) is 17.7. The molecule has 128 valence electrons. The van der Waals surface area contributed by atoms with Gasteiger partial charge >= 0.3 is 0 Å². The zero-order valence-electron chi connectivity index (χ0n) is 13.5. The Labute approximate surface area is 148 Å². The molecule has 3 N–H and O–H groups in total. The van der Waals surface area contributed by atoms with E-state index in [0.29, 0.717) is 4.47 Å². The minimum atomic E-state index is -0.489. The Kier molecular flexibility index (Phi) is 6.45. The third-order valence-electron chi connectivity index (χ3n) is 3.74. The number of quaternary nitrogens is 1. The van der Waals surface area contributed by atoms with E-state index in [9.17, 15) is 13.6 Å². The minimum Gasteiger partial charge on any atom is -0.332 e. The summed E-state index contributed by atoms with van der Waals surface area (Å²) in [6.45, 7) is 4.23. The molecular weight excluding hydrogens is 378 g/mol. The van der Waals surface area contributed by atoms with Crippen LogP contribution in [0.4, 0.5) is 14.5 Å². The van der Waals surface area contributed by atoms with Crippen molar-refractivity contribution in [3.63, 3.8) is 0 Å². The third kappa shape index (κ3) is 5.11. The second kappa shape index (κ2) is 8.35. The molecular formula is C18H20BrF2N2O+. The van der Waals surface area contributed by atoms with Gasteiger partial charge in [0.25, 0.3) is 5.91 Å². The molecule has 2 rings (SSSR count). The highest BCUT2D eigenvalue weighted by molar-refractivity contribution is 9.10. The molecule has 0 aliphatic heterocycles. The molecule has 0 bridgehead atoms. The maximum absolute atomic E-state index is 13.8. The second-order valence-corrected chi connectivity index (χ2v) is 6.85. The number of nitrogens with two attached hydrogens (primary N) is 1. The fourth-order valence-corrected chi connectivity index (χ4v) is 2.84. The highest BCUT2D eigenvalue weighted by Gasteiger charge is 2.20. The van der Waals surface area contributed by atoms with Crippen LogP contribution in [0.3, 0.4) is 0 Å². The van der Waals surface area contributed by atoms with Gasteiger partial charge in [0.05, 0.1) is 5.69 Å². The number of rotatable bonds is 6. The van der Waals surface area contributed by atoms with Gasteiger partial charge in [0.2, 0.25) is 0 Å². The van der Waals surface area contributed by atoms with Crippen molar-refractivity contribution in [3.8, 4) is 0 Å². The van der Waals surface area contributed by atoms with E-state index in [2.05, 4.69) is 21.2 Å². The van der Waals surface area contributed by atoms with Crippen LogP contribution in [0.5, 0.6) is 0 Å². The number of amides is 1. The average Bonchev–Trinajstić information content (AvgIpc) is 2.52. The van der Waals surface area contributed by atoms with Crippen LogP contribution >= 0.6 is 15.9 Å². The topological polar surface area (TPSA) is 45.7 Å². The van der Waals surface area contributed by atoms with E-state index >= 15 is 0 Å². The molecule has 0 aromatic heterocycles. The summed E-state index contributed by atoms with van der Waals surface area (Å²) < 4.78 is 27.4. The summed E-state index contributed by atoms with van der Waals surface area (Å²) >= 11 is 3.17. The molecule has 3 nitrogen and oxygen atoms in total. The maximum Gasteiger partial charge on any atom is 0.279 e. The first-order valence-corrected chi connectivity index (χ1v) is 8.50. The average molecular weight is 398 g/mol. The van der Waals surface area contributed by atoms with Crippen molar-refractivity contribution in [1.82, 2.24) is 0 Å². The Hall–Kier alpha value is -1.79. The molecule has 0 aliphatic carbocycles. The van der Waals surface area contributed by atoms with Crippen molar-refractivity contribution >= 4 is 27.5 Å². The van der Waals surface area contributed by atoms with Crippen LogP contribution in [-0.4, -0.2) is 12.5 Å². The summed E-state index contributed by atoms with van der Waals surface area (Å²) in [6.07, 6.45) is 0. The van der Waals surface area contributed by atoms with Gasteiger partial charge in [-0.1, -0.05) is 41.9 Å². The Balaban J connectivity index is 1.98. The van der Waals surface area contributed by atoms with E-state index in [-0.39, 0.29) is 35.9 Å². The van der Waals surface area contributed by atoms with Crippen LogP contribution in [0.25, 0.3) is 0 Å². The van der Waals surface area contributed by atoms with Crippen LogP contribution in [0.1, 0.15) is 25.5 Å². The summed E-state index contributed by atoms with van der Waals surface area (Å²) in [6, 6.07) is 10.8. The van der Waals surface area contributed by atoms with Gasteiger partial charge in [-0.2, -0.15) is 0 Å². The standard InChI is InChI=1S/C18H19BrF2N2O/c1-11(2)18(12-3-6-14(20)7-4-12)22-10-17(24)23-16-8-5-13(19)9-15(16)21/h3-9,11,18,22H,10H2,1-2H3,(H,23,24)/p+1/t18-/m0/s1. The molecule has 6 heteroatoms. The molecule has 0 radical (unpaired) electrons. The number of benzene rings is 2. The Morgan fingerprint density at radius 1 is 1.17 bits per heavy atom. The van der Waals surface area contributed by atoms with E-state index in [4.69, 9.17) is 0 Å². The molecule has 0 spiro atoms. The molecule has 0 heterocycles. The monoisotopic (exact) mass is 397 g/mol. The van der Waals surface area contributed by atoms with Gasteiger partial charge < -0.3 is 10.6 Å². The molecule has 2 aromatic carbocycles. The molecule has 0 aliphatic rings. The number of carbonyl (C=O) groups is 1. The van der Waals surface area contributed by atoms with Crippen molar-refractivity contribution < 1.29 is 18.9 Å². The molecule has 1 atom stereocenters. The Morgan fingerprint density at radius 2 is 1.83 bits per heavy atom. The molecule has 1 amide bonds. The van der Waals surface area contributed by atoms with E-state index in [1.54, 1.807) is 18.2 Å². The first kappa shape index (κ1) is 18.5. The number of carbonyl (C=O) groups excluding carboxylic acids is 1. The number of anilines is 1. The number of hydrogen-bond donors (Lipinski definition) is 2. The molecule has 0 saturated carbocycles. The molecule has 2 aromatic rings. The second-order valence-electron chi connectivity index (χ2n) is 5.93. The molecule has 0 fully saturated rings. The smallest absolute Gasteiger partial charge is 0.279 e. The highest BCUT2D eigenvalue weighted by atomic mass is 79.9. The van der Waals surface area contributed by atoms with Crippen LogP contribution in [0.2, 0.25) is 0 Å². The van der Waals surface area contributed by atoms with Crippen LogP contribution in [-0.2, 0) is 4.79 Å². The number of nitrogens with one attached hydrogen (secondary N) is 1. The fourth-order valence-electron chi connectivity index (χ4n) is 2.50. The van der Waals surface area contributed by atoms with E-state index in [1.165, 1.54) is 24.3 Å². The van der Waals surface area contributed by atoms with Gasteiger partial charge in [0.1, 0.15) is 17.7 Å². The van der Waals surface area contributed by atoms with Gasteiger partial charge in [-0.15, -0.1) is 0 Å². The summed E-state index contributed by atoms with van der Waals surface area (Å²) in [5.74, 6) is -0.807. The Morgan fingerprint density at radius 3 is 2.42 bits per heavy atom. The lowest BCUT2D eigenvalue weighted by Gasteiger charge is -2.19. The zero-order valence-corrected chi connectivity index (χ0v) is 15.1. The van der Waals surface area contributed by atoms with E-state index in [0.717, 1.165) is 5.56 Å². The van der Waals surface area contributed by atoms with Crippen LogP contribution in [0, 0.1) is 17.6 Å². The molecule has 0 unspecified atom stereocenters. The first-order chi connectivity index (χ1) is 11.4. The largest absolute Gasteiger partial charge is 0.332 e. The minimum absolute atomic E-state index is 0.0196. The summed E-state index contributed by atoms with van der Waals surface area (Å²) in [5, 5.41) is 4.45. The predicted octanol–water partition coefficient (Wildman–Crippen LogP) is 3.63. The lowest BCUT2D eigenvalue weighted by molar-refractivity contribution is -0.692. The van der Waals surface area contributed by atoms with E-state index < -0.39 is 5.82 Å². The quantitative estimate of drug-likeness (QED) is 0.767. The van der Waals surface area contributed by atoms with Gasteiger partial charge in [0, 0.05) is 16.0 Å². The van der Waals surface area contributed by atoms with Gasteiger partial charge in [-0.3, -0.25) is 4.79 Å². The van der Waals surface area contributed by atoms with Gasteiger partial charge in [-0.25, -0.2) is 8.78 Å². The predicted molar refractivity (Wildman–Crippen MR) is 93.5 cm³/mol. The van der Waals surface area contributed by atoms with Crippen molar-refractivity contribution in [3.05, 3.63) is 64.1 Å². The van der Waals surface area contributed by atoms with Crippen molar-refractivity contribution in [2.45, 2.75) is 19.9 Å². The van der Waals surface area contributed by atoms with Crippen molar-refractivity contribution in [1.29, 1.82) is 0 Å². The molecule has 24 heavy (non-hydrogen) atoms. The third-order valence-corrected chi connectivity index (χ3v) is 4.23. The number of hydrogen-bond acceptors (Lipinski definition) is 1. The lowest BCUT2D eigenvalue weighted by Crippen LogP contribution is -2.88. The normalized spacial score (nSPS) is 12.2. The lowest BCUT2D eigenvalue weighted by atomic mass is 9.96. The van der Waals surface area contributed by atoms with Gasteiger partial charge in [-0.05, 0) is 30.3 Å². The fraction of sp³-hybridized carbons (Fsp3) is 0.278. The summed E-state index contributed by atoms with van der Waals surface area (Å²) in [4.78, 5) is 12.1. The highest BCUT2D eigenvalue weighted by Crippen LogP contribution is 2.19. The summed E-state index contributed by atoms with van der Waals surface area (Å²) in [7, 11) is 0.